The van der Waals surface area contributed by atoms with E-state index in [1.165, 1.54) is 29.6 Å². The molecule has 1 unspecified atom stereocenters. The van der Waals surface area contributed by atoms with Crippen LogP contribution in [0.3, 0.4) is 0 Å². The van der Waals surface area contributed by atoms with E-state index in [1.54, 1.807) is 7.11 Å². The fraction of sp³-hybridized carbons (Fsp3) is 0.526. The lowest BCUT2D eigenvalue weighted by molar-refractivity contribution is 0.143. The number of fused-ring (bicyclic) bond motifs is 1. The molecule has 2 aromatic rings. The Labute approximate surface area is 133 Å². The van der Waals surface area contributed by atoms with Gasteiger partial charge >= 0.3 is 0 Å². The minimum atomic E-state index is 0.639. The molecule has 1 aliphatic rings. The van der Waals surface area contributed by atoms with Crippen LogP contribution in [0.15, 0.2) is 30.3 Å². The number of methoxy groups -OCH3 is 1. The van der Waals surface area contributed by atoms with Gasteiger partial charge in [-0.25, -0.2) is 0 Å². The number of rotatable bonds is 5. The van der Waals surface area contributed by atoms with Crippen molar-refractivity contribution in [3.05, 3.63) is 36.0 Å². The molecule has 1 aromatic carbocycles. The first-order valence-electron chi connectivity index (χ1n) is 8.44. The fourth-order valence-electron chi connectivity index (χ4n) is 3.51. The largest absolute Gasteiger partial charge is 0.384 e. The van der Waals surface area contributed by atoms with E-state index >= 15 is 0 Å². The molecular weight excluding hydrogens is 272 g/mol. The van der Waals surface area contributed by atoms with Crippen LogP contribution in [0.4, 0.5) is 5.69 Å². The van der Waals surface area contributed by atoms with Gasteiger partial charge in [0.05, 0.1) is 12.1 Å². The number of para-hydroxylation sites is 1. The molecule has 118 valence electrons. The highest BCUT2D eigenvalue weighted by Gasteiger charge is 2.22. The molecule has 0 amide bonds. The fourth-order valence-corrected chi connectivity index (χ4v) is 3.51. The molecule has 0 aliphatic carbocycles. The molecule has 1 saturated heterocycles. The predicted octanol–water partition coefficient (Wildman–Crippen LogP) is 4.05. The molecule has 1 aliphatic heterocycles. The molecule has 0 radical (unpaired) electrons. The van der Waals surface area contributed by atoms with E-state index in [0.717, 1.165) is 38.1 Å². The summed E-state index contributed by atoms with van der Waals surface area (Å²) in [6.07, 6.45) is 4.70. The summed E-state index contributed by atoms with van der Waals surface area (Å²) in [6, 6.07) is 10.8. The first kappa shape index (κ1) is 15.3. The average Bonchev–Trinajstić information content (AvgIpc) is 2.55. The Morgan fingerprint density at radius 2 is 2.18 bits per heavy atom. The average molecular weight is 298 g/mol. The number of aromatic nitrogens is 1. The number of anilines is 1. The monoisotopic (exact) mass is 298 g/mol. The Balaban J connectivity index is 1.97. The van der Waals surface area contributed by atoms with Crippen LogP contribution in [0.2, 0.25) is 0 Å². The Hall–Kier alpha value is -1.61. The Bertz CT molecular complexity index is 624. The van der Waals surface area contributed by atoms with E-state index in [2.05, 4.69) is 42.2 Å². The van der Waals surface area contributed by atoms with Gasteiger partial charge in [0.1, 0.15) is 0 Å². The maximum absolute atomic E-state index is 5.38. The lowest BCUT2D eigenvalue weighted by Gasteiger charge is -2.35. The van der Waals surface area contributed by atoms with Gasteiger partial charge in [0.25, 0.3) is 0 Å². The summed E-state index contributed by atoms with van der Waals surface area (Å²) < 4.78 is 5.38. The Kier molecular flexibility index (Phi) is 4.94. The van der Waals surface area contributed by atoms with Crippen molar-refractivity contribution in [3.8, 4) is 0 Å². The van der Waals surface area contributed by atoms with Gasteiger partial charge in [0.2, 0.25) is 0 Å². The first-order chi connectivity index (χ1) is 10.8. The number of piperidine rings is 1. The number of benzene rings is 1. The van der Waals surface area contributed by atoms with Crippen molar-refractivity contribution in [2.24, 2.45) is 5.92 Å². The van der Waals surface area contributed by atoms with Crippen molar-refractivity contribution >= 4 is 16.6 Å². The van der Waals surface area contributed by atoms with Crippen LogP contribution in [-0.2, 0) is 11.2 Å². The molecule has 1 fully saturated rings. The summed E-state index contributed by atoms with van der Waals surface area (Å²) in [4.78, 5) is 7.36. The molecule has 0 bridgehead atoms. The first-order valence-corrected chi connectivity index (χ1v) is 8.44. The Morgan fingerprint density at radius 1 is 1.32 bits per heavy atom. The van der Waals surface area contributed by atoms with Gasteiger partial charge in [-0.1, -0.05) is 31.5 Å². The van der Waals surface area contributed by atoms with Crippen LogP contribution in [0.25, 0.3) is 10.9 Å². The zero-order valence-electron chi connectivity index (χ0n) is 13.7. The molecule has 3 heteroatoms. The van der Waals surface area contributed by atoms with Crippen molar-refractivity contribution in [2.45, 2.75) is 32.6 Å². The zero-order valence-corrected chi connectivity index (χ0v) is 13.7. The van der Waals surface area contributed by atoms with Crippen LogP contribution in [-0.4, -0.2) is 31.8 Å². The summed E-state index contributed by atoms with van der Waals surface area (Å²) in [6.45, 7) is 5.31. The SMILES string of the molecule is CCCc1cc(N2CCCC(COC)C2)c2ccccc2n1. The lowest BCUT2D eigenvalue weighted by atomic mass is 9.97. The van der Waals surface area contributed by atoms with Gasteiger partial charge in [-0.3, -0.25) is 4.98 Å². The van der Waals surface area contributed by atoms with Gasteiger partial charge < -0.3 is 9.64 Å². The molecule has 2 heterocycles. The van der Waals surface area contributed by atoms with Crippen molar-refractivity contribution < 1.29 is 4.74 Å². The highest BCUT2D eigenvalue weighted by Crippen LogP contribution is 2.30. The topological polar surface area (TPSA) is 25.4 Å². The molecule has 1 atom stereocenters. The summed E-state index contributed by atoms with van der Waals surface area (Å²) in [5.41, 5.74) is 3.69. The quantitative estimate of drug-likeness (QED) is 0.832. The van der Waals surface area contributed by atoms with Crippen LogP contribution >= 0.6 is 0 Å². The van der Waals surface area contributed by atoms with Crippen molar-refractivity contribution in [3.63, 3.8) is 0 Å². The summed E-state index contributed by atoms with van der Waals surface area (Å²) in [5.74, 6) is 0.639. The molecule has 0 spiro atoms. The number of aryl methyl sites for hydroxylation is 1. The molecule has 3 rings (SSSR count). The standard InChI is InChI=1S/C19H26N2O/c1-3-7-16-12-19(17-9-4-5-10-18(17)20-16)21-11-6-8-15(13-21)14-22-2/h4-5,9-10,12,15H,3,6-8,11,13-14H2,1-2H3. The zero-order chi connectivity index (χ0) is 15.4. The van der Waals surface area contributed by atoms with E-state index in [-0.39, 0.29) is 0 Å². The maximum atomic E-state index is 5.38. The van der Waals surface area contributed by atoms with Gasteiger partial charge in [0, 0.05) is 37.0 Å². The highest BCUT2D eigenvalue weighted by molar-refractivity contribution is 5.92. The van der Waals surface area contributed by atoms with Gasteiger partial charge in [-0.15, -0.1) is 0 Å². The van der Waals surface area contributed by atoms with E-state index in [0.29, 0.717) is 5.92 Å². The summed E-state index contributed by atoms with van der Waals surface area (Å²) >= 11 is 0. The predicted molar refractivity (Wildman–Crippen MR) is 92.6 cm³/mol. The number of hydrogen-bond acceptors (Lipinski definition) is 3. The minimum Gasteiger partial charge on any atom is -0.384 e. The molecule has 0 saturated carbocycles. The van der Waals surface area contributed by atoms with Crippen molar-refractivity contribution in [1.82, 2.24) is 4.98 Å². The van der Waals surface area contributed by atoms with E-state index in [9.17, 15) is 0 Å². The van der Waals surface area contributed by atoms with Crippen LogP contribution < -0.4 is 4.90 Å². The molecular formula is C19H26N2O. The van der Waals surface area contributed by atoms with Crippen molar-refractivity contribution in [2.75, 3.05) is 31.7 Å². The molecule has 22 heavy (non-hydrogen) atoms. The number of ether oxygens (including phenoxy) is 1. The number of nitrogens with zero attached hydrogens (tertiary/aromatic N) is 2. The second kappa shape index (κ2) is 7.10. The third-order valence-electron chi connectivity index (χ3n) is 4.52. The lowest BCUT2D eigenvalue weighted by Crippen LogP contribution is -2.37. The van der Waals surface area contributed by atoms with E-state index in [1.807, 2.05) is 0 Å². The van der Waals surface area contributed by atoms with E-state index < -0.39 is 0 Å². The number of hydrogen-bond donors (Lipinski definition) is 0. The highest BCUT2D eigenvalue weighted by atomic mass is 16.5. The normalized spacial score (nSPS) is 18.8. The van der Waals surface area contributed by atoms with Gasteiger partial charge in [-0.05, 0) is 37.3 Å². The minimum absolute atomic E-state index is 0.639. The van der Waals surface area contributed by atoms with Crippen LogP contribution in [0.5, 0.6) is 0 Å². The summed E-state index contributed by atoms with van der Waals surface area (Å²) in [5, 5.41) is 1.28. The molecule has 1 aromatic heterocycles. The third-order valence-corrected chi connectivity index (χ3v) is 4.52. The third kappa shape index (κ3) is 3.25. The van der Waals surface area contributed by atoms with Crippen LogP contribution in [0.1, 0.15) is 31.9 Å². The van der Waals surface area contributed by atoms with Gasteiger partial charge in [0.15, 0.2) is 0 Å². The number of pyridine rings is 1. The molecule has 0 N–H and O–H groups in total. The van der Waals surface area contributed by atoms with Crippen molar-refractivity contribution in [1.29, 1.82) is 0 Å². The second-order valence-electron chi connectivity index (χ2n) is 6.31. The smallest absolute Gasteiger partial charge is 0.0726 e. The maximum Gasteiger partial charge on any atom is 0.0726 e. The molecule has 3 nitrogen and oxygen atoms in total. The van der Waals surface area contributed by atoms with E-state index in [4.69, 9.17) is 9.72 Å². The van der Waals surface area contributed by atoms with Gasteiger partial charge in [-0.2, -0.15) is 0 Å². The summed E-state index contributed by atoms with van der Waals surface area (Å²) in [7, 11) is 1.81. The second-order valence-corrected chi connectivity index (χ2v) is 6.31. The van der Waals surface area contributed by atoms with Crippen LogP contribution in [0, 0.1) is 5.92 Å². The Morgan fingerprint density at radius 3 is 3.00 bits per heavy atom.